The van der Waals surface area contributed by atoms with Gasteiger partial charge in [-0.15, -0.1) is 0 Å². The number of ketones is 1. The molecule has 2 heteroatoms. The highest BCUT2D eigenvalue weighted by Gasteiger charge is 2.63. The monoisotopic (exact) mass is 390 g/mol. The van der Waals surface area contributed by atoms with Crippen molar-refractivity contribution in [2.24, 2.45) is 28.1 Å². The Hall–Kier alpha value is -1.83. The normalized spacial score (nSPS) is 44.1. The summed E-state index contributed by atoms with van der Waals surface area (Å²) in [6.07, 6.45) is 14.8. The van der Waals surface area contributed by atoms with E-state index in [0.717, 1.165) is 35.0 Å². The molecule has 0 bridgehead atoms. The van der Waals surface area contributed by atoms with Gasteiger partial charge in [-0.25, -0.2) is 0 Å². The Morgan fingerprint density at radius 3 is 2.62 bits per heavy atom. The summed E-state index contributed by atoms with van der Waals surface area (Å²) >= 11 is 0. The minimum atomic E-state index is -0.233. The van der Waals surface area contributed by atoms with Crippen LogP contribution in [0.2, 0.25) is 0 Å². The Labute approximate surface area is 175 Å². The summed E-state index contributed by atoms with van der Waals surface area (Å²) < 4.78 is 0. The van der Waals surface area contributed by atoms with E-state index in [1.54, 1.807) is 6.08 Å². The molecule has 5 aliphatic rings. The molecule has 1 N–H and O–H groups in total. The molecule has 3 fully saturated rings. The minimum Gasteiger partial charge on any atom is -0.504 e. The molecule has 0 aliphatic heterocycles. The fraction of sp³-hybridized carbons (Fsp3) is 0.593. The molecular formula is C27H34O2. The third kappa shape index (κ3) is 2.26. The molecule has 0 amide bonds. The van der Waals surface area contributed by atoms with Crippen LogP contribution in [0, 0.1) is 28.1 Å². The van der Waals surface area contributed by atoms with Crippen molar-refractivity contribution in [3.8, 4) is 0 Å². The fourth-order valence-corrected chi connectivity index (χ4v) is 7.86. The highest BCUT2D eigenvalue weighted by atomic mass is 16.3. The van der Waals surface area contributed by atoms with Crippen molar-refractivity contribution in [1.82, 2.24) is 0 Å². The molecule has 0 spiro atoms. The van der Waals surface area contributed by atoms with E-state index < -0.39 is 0 Å². The lowest BCUT2D eigenvalue weighted by Crippen LogP contribution is -2.58. The van der Waals surface area contributed by atoms with Crippen LogP contribution in [0.4, 0.5) is 0 Å². The van der Waals surface area contributed by atoms with Gasteiger partial charge in [0.2, 0.25) is 5.78 Å². The van der Waals surface area contributed by atoms with Crippen molar-refractivity contribution >= 4 is 5.78 Å². The largest absolute Gasteiger partial charge is 0.504 e. The standard InChI is InChI=1S/C27H34O2/c1-16-6-7-18-10-11-27(5)23-9-8-19-17(2)24(29)22(28)15-21(19)25(23,3)12-13-26(27,4)20(18)14-16/h8-9,15,18,20,29H,1,6-7,10-14H2,2-5H3/t18-,20-,25+,26+,27-/m1/s1. The van der Waals surface area contributed by atoms with Gasteiger partial charge in [0.05, 0.1) is 0 Å². The van der Waals surface area contributed by atoms with Crippen LogP contribution in [0.3, 0.4) is 0 Å². The van der Waals surface area contributed by atoms with Crippen molar-refractivity contribution in [1.29, 1.82) is 0 Å². The third-order valence-electron chi connectivity index (χ3n) is 9.94. The quantitative estimate of drug-likeness (QED) is 0.463. The average molecular weight is 391 g/mol. The molecule has 0 aromatic heterocycles. The predicted octanol–water partition coefficient (Wildman–Crippen LogP) is 6.77. The molecule has 5 rings (SSSR count). The van der Waals surface area contributed by atoms with E-state index in [2.05, 4.69) is 39.5 Å². The van der Waals surface area contributed by atoms with Gasteiger partial charge in [-0.1, -0.05) is 50.6 Å². The molecule has 3 saturated carbocycles. The molecule has 0 aromatic rings. The molecule has 5 atom stereocenters. The van der Waals surface area contributed by atoms with E-state index in [1.165, 1.54) is 49.7 Å². The van der Waals surface area contributed by atoms with Crippen molar-refractivity contribution in [2.75, 3.05) is 0 Å². The summed E-state index contributed by atoms with van der Waals surface area (Å²) in [6.45, 7) is 13.7. The smallest absolute Gasteiger partial charge is 0.220 e. The van der Waals surface area contributed by atoms with E-state index in [4.69, 9.17) is 0 Å². The number of fused-ring (bicyclic) bond motifs is 7. The molecule has 0 unspecified atom stereocenters. The van der Waals surface area contributed by atoms with Crippen LogP contribution >= 0.6 is 0 Å². The SMILES string of the molecule is C=C1CC[C@@H]2CC[C@]3(C)C4=CC=C5C(=CC(=O)C(O)=C5C)[C@]4(C)CC[C@@]3(C)[C@@H]2C1. The predicted molar refractivity (Wildman–Crippen MR) is 117 cm³/mol. The molecular weight excluding hydrogens is 356 g/mol. The second-order valence-corrected chi connectivity index (χ2v) is 11.0. The first-order valence-electron chi connectivity index (χ1n) is 11.4. The number of carbonyl (C=O) groups is 1. The zero-order chi connectivity index (χ0) is 20.8. The summed E-state index contributed by atoms with van der Waals surface area (Å²) in [6, 6.07) is 0. The van der Waals surface area contributed by atoms with Crippen LogP contribution in [-0.2, 0) is 4.79 Å². The first-order valence-corrected chi connectivity index (χ1v) is 11.4. The van der Waals surface area contributed by atoms with Gasteiger partial charge in [-0.05, 0) is 91.8 Å². The third-order valence-corrected chi connectivity index (χ3v) is 9.94. The van der Waals surface area contributed by atoms with E-state index >= 15 is 0 Å². The number of hydrogen-bond donors (Lipinski definition) is 1. The van der Waals surface area contributed by atoms with Gasteiger partial charge in [0.25, 0.3) is 0 Å². The van der Waals surface area contributed by atoms with Crippen molar-refractivity contribution < 1.29 is 9.90 Å². The maximum atomic E-state index is 12.5. The summed E-state index contributed by atoms with van der Waals surface area (Å²) in [5.74, 6) is 1.25. The number of aliphatic hydroxyl groups is 1. The Bertz CT molecular complexity index is 957. The number of rotatable bonds is 0. The van der Waals surface area contributed by atoms with E-state index in [0.29, 0.717) is 0 Å². The Morgan fingerprint density at radius 1 is 1.10 bits per heavy atom. The van der Waals surface area contributed by atoms with E-state index in [-0.39, 0.29) is 27.8 Å². The lowest BCUT2D eigenvalue weighted by molar-refractivity contribution is -0.114. The van der Waals surface area contributed by atoms with Gasteiger partial charge >= 0.3 is 0 Å². The van der Waals surface area contributed by atoms with E-state index in [9.17, 15) is 9.90 Å². The Morgan fingerprint density at radius 2 is 1.86 bits per heavy atom. The van der Waals surface area contributed by atoms with Crippen LogP contribution in [0.5, 0.6) is 0 Å². The molecule has 0 radical (unpaired) electrons. The van der Waals surface area contributed by atoms with Gasteiger partial charge in [0.1, 0.15) is 0 Å². The minimum absolute atomic E-state index is 0.0893. The molecule has 29 heavy (non-hydrogen) atoms. The second kappa shape index (κ2) is 5.86. The summed E-state index contributed by atoms with van der Waals surface area (Å²) in [7, 11) is 0. The van der Waals surface area contributed by atoms with Gasteiger partial charge in [0, 0.05) is 11.0 Å². The van der Waals surface area contributed by atoms with Gasteiger partial charge in [0.15, 0.2) is 5.76 Å². The second-order valence-electron chi connectivity index (χ2n) is 11.0. The molecule has 2 nitrogen and oxygen atoms in total. The first-order chi connectivity index (χ1) is 13.6. The molecule has 5 aliphatic carbocycles. The van der Waals surface area contributed by atoms with Crippen molar-refractivity contribution in [3.63, 3.8) is 0 Å². The lowest BCUT2D eigenvalue weighted by Gasteiger charge is -2.66. The molecule has 0 heterocycles. The molecule has 0 saturated heterocycles. The number of allylic oxidation sites excluding steroid dienone is 8. The molecule has 0 aromatic carbocycles. The Balaban J connectivity index is 1.65. The zero-order valence-electron chi connectivity index (χ0n) is 18.4. The van der Waals surface area contributed by atoms with Gasteiger partial charge in [-0.2, -0.15) is 0 Å². The van der Waals surface area contributed by atoms with E-state index in [1.807, 2.05) is 6.92 Å². The maximum absolute atomic E-state index is 12.5. The van der Waals surface area contributed by atoms with Gasteiger partial charge in [-0.3, -0.25) is 4.79 Å². The average Bonchev–Trinajstić information content (AvgIpc) is 2.68. The van der Waals surface area contributed by atoms with Crippen molar-refractivity contribution in [3.05, 3.63) is 58.4 Å². The number of hydrogen-bond acceptors (Lipinski definition) is 2. The van der Waals surface area contributed by atoms with Crippen molar-refractivity contribution in [2.45, 2.75) is 72.6 Å². The summed E-state index contributed by atoms with van der Waals surface area (Å²) in [5, 5.41) is 10.2. The molecule has 154 valence electrons. The highest BCUT2D eigenvalue weighted by Crippen LogP contribution is 2.72. The van der Waals surface area contributed by atoms with Crippen LogP contribution in [-0.4, -0.2) is 10.9 Å². The van der Waals surface area contributed by atoms with Crippen LogP contribution in [0.1, 0.15) is 72.6 Å². The van der Waals surface area contributed by atoms with Crippen LogP contribution in [0.15, 0.2) is 58.4 Å². The zero-order valence-corrected chi connectivity index (χ0v) is 18.4. The first kappa shape index (κ1) is 19.2. The fourth-order valence-electron chi connectivity index (χ4n) is 7.86. The van der Waals surface area contributed by atoms with Crippen LogP contribution in [0.25, 0.3) is 0 Å². The number of aliphatic hydroxyl groups excluding tert-OH is 1. The maximum Gasteiger partial charge on any atom is 0.220 e. The number of carbonyl (C=O) groups excluding carboxylic acids is 1. The topological polar surface area (TPSA) is 37.3 Å². The lowest BCUT2D eigenvalue weighted by atomic mass is 9.38. The highest BCUT2D eigenvalue weighted by molar-refractivity contribution is 6.06. The van der Waals surface area contributed by atoms with Gasteiger partial charge < -0.3 is 5.11 Å². The Kier molecular flexibility index (Phi) is 3.87. The van der Waals surface area contributed by atoms with Crippen LogP contribution < -0.4 is 0 Å². The summed E-state index contributed by atoms with van der Waals surface area (Å²) in [5.41, 5.74) is 6.19. The summed E-state index contributed by atoms with van der Waals surface area (Å²) in [4.78, 5) is 12.5.